The molecule has 2 aromatic rings. The molecular weight excluding hydrogens is 291 g/mol. The first kappa shape index (κ1) is 13.9. The van der Waals surface area contributed by atoms with Gasteiger partial charge in [0.1, 0.15) is 5.82 Å². The second kappa shape index (κ2) is 5.04. The van der Waals surface area contributed by atoms with Gasteiger partial charge in [-0.2, -0.15) is 0 Å². The Morgan fingerprint density at radius 1 is 1.14 bits per heavy atom. The maximum atomic E-state index is 13.3. The zero-order valence-electron chi connectivity index (χ0n) is 11.3. The third-order valence-electron chi connectivity index (χ3n) is 3.63. The standard InChI is InChI=1S/C15H15FN2O2S/c16-11-4-1-5-12(10-11)21(19,20)18-9-3-6-13-14(17)7-2-8-15(13)18/h1-2,4-5,7-8,10H,3,6,9,17H2. The number of nitrogen functional groups attached to an aromatic ring is 1. The number of rotatable bonds is 2. The molecule has 0 atom stereocenters. The van der Waals surface area contributed by atoms with Crippen molar-refractivity contribution < 1.29 is 12.8 Å². The lowest BCUT2D eigenvalue weighted by atomic mass is 10.0. The van der Waals surface area contributed by atoms with E-state index in [2.05, 4.69) is 0 Å². The SMILES string of the molecule is Nc1cccc2c1CCCN2S(=O)(=O)c1cccc(F)c1. The van der Waals surface area contributed by atoms with Crippen molar-refractivity contribution in [3.63, 3.8) is 0 Å². The Balaban J connectivity index is 2.12. The molecule has 0 unspecified atom stereocenters. The third-order valence-corrected chi connectivity index (χ3v) is 5.44. The highest BCUT2D eigenvalue weighted by Crippen LogP contribution is 2.34. The van der Waals surface area contributed by atoms with Crippen molar-refractivity contribution in [3.8, 4) is 0 Å². The summed E-state index contributed by atoms with van der Waals surface area (Å²) >= 11 is 0. The van der Waals surface area contributed by atoms with Crippen molar-refractivity contribution in [3.05, 3.63) is 53.8 Å². The molecule has 1 heterocycles. The zero-order chi connectivity index (χ0) is 15.0. The van der Waals surface area contributed by atoms with Crippen molar-refractivity contribution in [1.29, 1.82) is 0 Å². The van der Waals surface area contributed by atoms with Crippen molar-refractivity contribution >= 4 is 21.4 Å². The van der Waals surface area contributed by atoms with Gasteiger partial charge in [-0.15, -0.1) is 0 Å². The quantitative estimate of drug-likeness (QED) is 0.867. The van der Waals surface area contributed by atoms with Crippen LogP contribution in [0.3, 0.4) is 0 Å². The molecule has 4 nitrogen and oxygen atoms in total. The molecule has 0 spiro atoms. The summed E-state index contributed by atoms with van der Waals surface area (Å²) in [5.74, 6) is -0.569. The lowest BCUT2D eigenvalue weighted by molar-refractivity contribution is 0.582. The van der Waals surface area contributed by atoms with E-state index in [1.807, 2.05) is 0 Å². The number of nitrogens with zero attached hydrogens (tertiary/aromatic N) is 1. The van der Waals surface area contributed by atoms with E-state index in [0.717, 1.165) is 18.1 Å². The van der Waals surface area contributed by atoms with Crippen LogP contribution in [0.5, 0.6) is 0 Å². The van der Waals surface area contributed by atoms with Crippen LogP contribution >= 0.6 is 0 Å². The highest BCUT2D eigenvalue weighted by atomic mass is 32.2. The first-order chi connectivity index (χ1) is 10.00. The molecule has 0 amide bonds. The van der Waals surface area contributed by atoms with Gasteiger partial charge in [0.25, 0.3) is 10.0 Å². The van der Waals surface area contributed by atoms with E-state index in [4.69, 9.17) is 5.73 Å². The molecule has 2 N–H and O–H groups in total. The third kappa shape index (κ3) is 2.35. The number of hydrogen-bond acceptors (Lipinski definition) is 3. The Bertz CT molecular complexity index is 790. The fourth-order valence-electron chi connectivity index (χ4n) is 2.62. The van der Waals surface area contributed by atoms with Gasteiger partial charge in [0.15, 0.2) is 0 Å². The van der Waals surface area contributed by atoms with E-state index >= 15 is 0 Å². The number of fused-ring (bicyclic) bond motifs is 1. The van der Waals surface area contributed by atoms with Crippen LogP contribution in [-0.2, 0) is 16.4 Å². The summed E-state index contributed by atoms with van der Waals surface area (Å²) in [5, 5.41) is 0. The Labute approximate surface area is 123 Å². The fourth-order valence-corrected chi connectivity index (χ4v) is 4.19. The highest BCUT2D eigenvalue weighted by molar-refractivity contribution is 7.92. The smallest absolute Gasteiger partial charge is 0.264 e. The summed E-state index contributed by atoms with van der Waals surface area (Å²) in [6, 6.07) is 10.3. The normalized spacial score (nSPS) is 14.8. The van der Waals surface area contributed by atoms with Gasteiger partial charge in [0, 0.05) is 12.2 Å². The second-order valence-corrected chi connectivity index (χ2v) is 6.85. The van der Waals surface area contributed by atoms with Crippen LogP contribution in [0, 0.1) is 5.82 Å². The molecule has 0 bridgehead atoms. The molecule has 2 aromatic carbocycles. The molecule has 0 saturated heterocycles. The summed E-state index contributed by atoms with van der Waals surface area (Å²) in [6.07, 6.45) is 1.44. The molecule has 0 aromatic heterocycles. The predicted octanol–water partition coefficient (Wildman–Crippen LogP) is 2.55. The minimum Gasteiger partial charge on any atom is -0.398 e. The van der Waals surface area contributed by atoms with Crippen molar-refractivity contribution in [2.24, 2.45) is 0 Å². The van der Waals surface area contributed by atoms with Gasteiger partial charge in [-0.25, -0.2) is 12.8 Å². The lowest BCUT2D eigenvalue weighted by Crippen LogP contribution is -2.35. The van der Waals surface area contributed by atoms with Crippen LogP contribution in [0.4, 0.5) is 15.8 Å². The average Bonchev–Trinajstić information content (AvgIpc) is 2.47. The summed E-state index contributed by atoms with van der Waals surface area (Å²) in [4.78, 5) is -0.0437. The Morgan fingerprint density at radius 3 is 2.67 bits per heavy atom. The average molecular weight is 306 g/mol. The Kier molecular flexibility index (Phi) is 3.33. The number of halogens is 1. The van der Waals surface area contributed by atoms with E-state index in [-0.39, 0.29) is 4.90 Å². The summed E-state index contributed by atoms with van der Waals surface area (Å²) in [7, 11) is -3.78. The molecule has 1 aliphatic heterocycles. The molecule has 1 aliphatic rings. The van der Waals surface area contributed by atoms with Crippen LogP contribution in [0.1, 0.15) is 12.0 Å². The van der Waals surface area contributed by atoms with Gasteiger partial charge in [-0.3, -0.25) is 4.31 Å². The van der Waals surface area contributed by atoms with Gasteiger partial charge < -0.3 is 5.73 Å². The van der Waals surface area contributed by atoms with E-state index in [1.54, 1.807) is 18.2 Å². The number of hydrogen-bond donors (Lipinski definition) is 1. The summed E-state index contributed by atoms with van der Waals surface area (Å²) in [5.41, 5.74) is 7.94. The lowest BCUT2D eigenvalue weighted by Gasteiger charge is -2.31. The number of benzene rings is 2. The fraction of sp³-hybridized carbons (Fsp3) is 0.200. The van der Waals surface area contributed by atoms with Crippen molar-refractivity contribution in [2.45, 2.75) is 17.7 Å². The minimum atomic E-state index is -3.78. The van der Waals surface area contributed by atoms with Gasteiger partial charge >= 0.3 is 0 Å². The molecule has 0 aliphatic carbocycles. The molecule has 6 heteroatoms. The van der Waals surface area contributed by atoms with Gasteiger partial charge in [0.05, 0.1) is 10.6 Å². The summed E-state index contributed by atoms with van der Waals surface area (Å²) < 4.78 is 40.1. The number of sulfonamides is 1. The topological polar surface area (TPSA) is 63.4 Å². The van der Waals surface area contributed by atoms with Gasteiger partial charge in [-0.05, 0) is 48.7 Å². The number of nitrogens with two attached hydrogens (primary N) is 1. The highest BCUT2D eigenvalue weighted by Gasteiger charge is 2.29. The van der Waals surface area contributed by atoms with E-state index < -0.39 is 15.8 Å². The van der Waals surface area contributed by atoms with E-state index in [9.17, 15) is 12.8 Å². The molecule has 110 valence electrons. The molecule has 3 rings (SSSR count). The first-order valence-corrected chi connectivity index (χ1v) is 8.10. The molecule has 0 radical (unpaired) electrons. The van der Waals surface area contributed by atoms with Crippen molar-refractivity contribution in [1.82, 2.24) is 0 Å². The van der Waals surface area contributed by atoms with Crippen LogP contribution in [0.25, 0.3) is 0 Å². The summed E-state index contributed by atoms with van der Waals surface area (Å²) in [6.45, 7) is 0.370. The second-order valence-electron chi connectivity index (χ2n) is 4.98. The minimum absolute atomic E-state index is 0.0437. The van der Waals surface area contributed by atoms with Crippen LogP contribution in [-0.4, -0.2) is 15.0 Å². The Morgan fingerprint density at radius 2 is 1.90 bits per heavy atom. The van der Waals surface area contributed by atoms with Crippen molar-refractivity contribution in [2.75, 3.05) is 16.6 Å². The van der Waals surface area contributed by atoms with Gasteiger partial charge in [0.2, 0.25) is 0 Å². The zero-order valence-corrected chi connectivity index (χ0v) is 12.1. The maximum Gasteiger partial charge on any atom is 0.264 e. The monoisotopic (exact) mass is 306 g/mol. The van der Waals surface area contributed by atoms with E-state index in [0.29, 0.717) is 24.3 Å². The Hall–Kier alpha value is -2.08. The van der Waals surface area contributed by atoms with E-state index in [1.165, 1.54) is 22.5 Å². The first-order valence-electron chi connectivity index (χ1n) is 6.66. The molecule has 0 fully saturated rings. The molecular formula is C15H15FN2O2S. The van der Waals surface area contributed by atoms with Crippen LogP contribution < -0.4 is 10.0 Å². The predicted molar refractivity (Wildman–Crippen MR) is 80.1 cm³/mol. The molecule has 21 heavy (non-hydrogen) atoms. The number of anilines is 2. The molecule has 0 saturated carbocycles. The van der Waals surface area contributed by atoms with Crippen LogP contribution in [0.2, 0.25) is 0 Å². The largest absolute Gasteiger partial charge is 0.398 e. The van der Waals surface area contributed by atoms with Crippen LogP contribution in [0.15, 0.2) is 47.4 Å². The van der Waals surface area contributed by atoms with Gasteiger partial charge in [-0.1, -0.05) is 12.1 Å². The maximum absolute atomic E-state index is 13.3.